The van der Waals surface area contributed by atoms with Gasteiger partial charge in [-0.25, -0.2) is 0 Å². The topological polar surface area (TPSA) is 44.0 Å². The van der Waals surface area contributed by atoms with Gasteiger partial charge >= 0.3 is 11.1 Å². The van der Waals surface area contributed by atoms with Crippen molar-refractivity contribution in [3.63, 3.8) is 0 Å². The normalized spacial score (nSPS) is 10.8. The molecule has 0 N–H and O–H groups in total. The molecule has 2 aromatic carbocycles. The lowest BCUT2D eigenvalue weighted by Crippen LogP contribution is -2.40. The molecule has 0 atom stereocenters. The van der Waals surface area contributed by atoms with Gasteiger partial charge in [-0.15, -0.1) is 0 Å². The average Bonchev–Trinajstić information content (AvgIpc) is 2.56. The summed E-state index contributed by atoms with van der Waals surface area (Å²) in [6, 6.07) is 15.1. The number of nitrogens with zero attached hydrogens (tertiary/aromatic N) is 2. The van der Waals surface area contributed by atoms with Crippen molar-refractivity contribution in [2.75, 3.05) is 0 Å². The van der Waals surface area contributed by atoms with E-state index in [0.29, 0.717) is 18.1 Å². The van der Waals surface area contributed by atoms with Crippen LogP contribution in [0.3, 0.4) is 0 Å². The van der Waals surface area contributed by atoms with Gasteiger partial charge in [0, 0.05) is 17.4 Å². The fourth-order valence-corrected chi connectivity index (χ4v) is 2.73. The van der Waals surface area contributed by atoms with Crippen LogP contribution in [0.2, 0.25) is 5.02 Å². The van der Waals surface area contributed by atoms with Gasteiger partial charge in [-0.3, -0.25) is 9.59 Å². The first kappa shape index (κ1) is 16.3. The molecule has 0 bridgehead atoms. The molecule has 0 saturated heterocycles. The molecule has 0 fully saturated rings. The minimum atomic E-state index is -0.537. The lowest BCUT2D eigenvalue weighted by atomic mass is 10.1. The zero-order valence-corrected chi connectivity index (χ0v) is 14.0. The largest absolute Gasteiger partial charge is 0.316 e. The Bertz CT molecular complexity index is 972. The predicted octanol–water partition coefficient (Wildman–Crippen LogP) is 3.07. The van der Waals surface area contributed by atoms with Crippen molar-refractivity contribution in [1.82, 2.24) is 9.13 Å². The highest BCUT2D eigenvalue weighted by Gasteiger charge is 2.06. The summed E-state index contributed by atoms with van der Waals surface area (Å²) in [5.74, 6) is 0. The molecule has 122 valence electrons. The van der Waals surface area contributed by atoms with E-state index in [1.807, 2.05) is 43.3 Å². The van der Waals surface area contributed by atoms with Crippen molar-refractivity contribution in [3.8, 4) is 0 Å². The molecule has 1 heterocycles. The van der Waals surface area contributed by atoms with Gasteiger partial charge in [0.05, 0.1) is 13.1 Å². The molecule has 0 spiro atoms. The number of benzene rings is 2. The smallest absolute Gasteiger partial charge is 0.305 e. The Morgan fingerprint density at radius 1 is 0.833 bits per heavy atom. The Labute approximate surface area is 144 Å². The Kier molecular flexibility index (Phi) is 4.67. The molecule has 0 unspecified atom stereocenters. The van der Waals surface area contributed by atoms with E-state index in [4.69, 9.17) is 11.6 Å². The van der Waals surface area contributed by atoms with E-state index in [-0.39, 0.29) is 0 Å². The van der Waals surface area contributed by atoms with E-state index in [2.05, 4.69) is 0 Å². The SMILES string of the molecule is Cc1ccc(Cn2ccn(Cc3cccc(Cl)c3)c(=O)c2=O)cc1. The zero-order chi connectivity index (χ0) is 17.1. The van der Waals surface area contributed by atoms with Gasteiger partial charge in [0.1, 0.15) is 0 Å². The number of hydrogen-bond acceptors (Lipinski definition) is 2. The van der Waals surface area contributed by atoms with Crippen LogP contribution in [0.4, 0.5) is 0 Å². The molecule has 3 aromatic rings. The predicted molar refractivity (Wildman–Crippen MR) is 95.8 cm³/mol. The second kappa shape index (κ2) is 6.89. The van der Waals surface area contributed by atoms with Crippen LogP contribution in [0, 0.1) is 6.92 Å². The van der Waals surface area contributed by atoms with Crippen LogP contribution in [-0.2, 0) is 13.1 Å². The van der Waals surface area contributed by atoms with Gasteiger partial charge < -0.3 is 9.13 Å². The number of aromatic nitrogens is 2. The Hall–Kier alpha value is -2.59. The van der Waals surface area contributed by atoms with Crippen LogP contribution in [-0.4, -0.2) is 9.13 Å². The summed E-state index contributed by atoms with van der Waals surface area (Å²) in [4.78, 5) is 24.6. The third kappa shape index (κ3) is 3.66. The van der Waals surface area contributed by atoms with Gasteiger partial charge in [0.2, 0.25) is 0 Å². The standard InChI is InChI=1S/C19H17ClN2O2/c1-14-5-7-15(8-6-14)12-21-9-10-22(19(24)18(21)23)13-16-3-2-4-17(20)11-16/h2-11H,12-13H2,1H3. The molecule has 3 rings (SSSR count). The highest BCUT2D eigenvalue weighted by atomic mass is 35.5. The third-order valence-electron chi connectivity index (χ3n) is 3.85. The number of aryl methyl sites for hydroxylation is 1. The molecule has 4 nitrogen and oxygen atoms in total. The molecular weight excluding hydrogens is 324 g/mol. The summed E-state index contributed by atoms with van der Waals surface area (Å²) in [6.45, 7) is 2.71. The lowest BCUT2D eigenvalue weighted by Gasteiger charge is -2.09. The summed E-state index contributed by atoms with van der Waals surface area (Å²) in [6.07, 6.45) is 3.28. The van der Waals surface area contributed by atoms with Crippen molar-refractivity contribution < 1.29 is 0 Å². The van der Waals surface area contributed by atoms with Crippen LogP contribution in [0.1, 0.15) is 16.7 Å². The van der Waals surface area contributed by atoms with Gasteiger partial charge in [-0.05, 0) is 30.2 Å². The number of rotatable bonds is 4. The second-order valence-electron chi connectivity index (χ2n) is 5.78. The molecule has 0 saturated carbocycles. The molecule has 1 aromatic heterocycles. The Morgan fingerprint density at radius 3 is 2.00 bits per heavy atom. The first-order chi connectivity index (χ1) is 11.5. The Balaban J connectivity index is 1.87. The van der Waals surface area contributed by atoms with Crippen molar-refractivity contribution in [2.45, 2.75) is 20.0 Å². The van der Waals surface area contributed by atoms with Crippen LogP contribution in [0.25, 0.3) is 0 Å². The summed E-state index contributed by atoms with van der Waals surface area (Å²) in [7, 11) is 0. The van der Waals surface area contributed by atoms with Crippen molar-refractivity contribution in [1.29, 1.82) is 0 Å². The number of halogens is 1. The van der Waals surface area contributed by atoms with Crippen molar-refractivity contribution in [2.24, 2.45) is 0 Å². The summed E-state index contributed by atoms with van der Waals surface area (Å²) in [5, 5.41) is 0.605. The van der Waals surface area contributed by atoms with Crippen molar-refractivity contribution in [3.05, 3.63) is 103 Å². The molecule has 0 radical (unpaired) electrons. The average molecular weight is 341 g/mol. The zero-order valence-electron chi connectivity index (χ0n) is 13.3. The van der Waals surface area contributed by atoms with Gasteiger partial charge in [-0.2, -0.15) is 0 Å². The van der Waals surface area contributed by atoms with Gasteiger partial charge in [0.25, 0.3) is 0 Å². The first-order valence-corrected chi connectivity index (χ1v) is 8.00. The summed E-state index contributed by atoms with van der Waals surface area (Å²) >= 11 is 5.96. The van der Waals surface area contributed by atoms with E-state index in [1.54, 1.807) is 24.5 Å². The molecule has 24 heavy (non-hydrogen) atoms. The van der Waals surface area contributed by atoms with Gasteiger partial charge in [0.15, 0.2) is 0 Å². The highest BCUT2D eigenvalue weighted by Crippen LogP contribution is 2.11. The Morgan fingerprint density at radius 2 is 1.42 bits per heavy atom. The van der Waals surface area contributed by atoms with Crippen molar-refractivity contribution >= 4 is 11.6 Å². The highest BCUT2D eigenvalue weighted by molar-refractivity contribution is 6.30. The maximum absolute atomic E-state index is 12.3. The van der Waals surface area contributed by atoms with Crippen LogP contribution < -0.4 is 11.1 Å². The summed E-state index contributed by atoms with van der Waals surface area (Å²) < 4.78 is 2.83. The number of hydrogen-bond donors (Lipinski definition) is 0. The van der Waals surface area contributed by atoms with Gasteiger partial charge in [-0.1, -0.05) is 53.6 Å². The van der Waals surface area contributed by atoms with Crippen LogP contribution >= 0.6 is 11.6 Å². The maximum Gasteiger partial charge on any atom is 0.316 e. The second-order valence-corrected chi connectivity index (χ2v) is 6.22. The minimum absolute atomic E-state index is 0.319. The molecule has 5 heteroatoms. The monoisotopic (exact) mass is 340 g/mol. The van der Waals surface area contributed by atoms with E-state index < -0.39 is 11.1 Å². The van der Waals surface area contributed by atoms with E-state index >= 15 is 0 Å². The molecule has 0 aliphatic heterocycles. The van der Waals surface area contributed by atoms with E-state index in [9.17, 15) is 9.59 Å². The molecular formula is C19H17ClN2O2. The fourth-order valence-electron chi connectivity index (χ4n) is 2.51. The minimum Gasteiger partial charge on any atom is -0.305 e. The lowest BCUT2D eigenvalue weighted by molar-refractivity contribution is 0.666. The maximum atomic E-state index is 12.3. The molecule has 0 aliphatic carbocycles. The van der Waals surface area contributed by atoms with Crippen LogP contribution in [0.15, 0.2) is 70.5 Å². The fraction of sp³-hybridized carbons (Fsp3) is 0.158. The molecule has 0 amide bonds. The quantitative estimate of drug-likeness (QED) is 0.685. The van der Waals surface area contributed by atoms with E-state index in [0.717, 1.165) is 16.7 Å². The first-order valence-electron chi connectivity index (χ1n) is 7.63. The van der Waals surface area contributed by atoms with Crippen LogP contribution in [0.5, 0.6) is 0 Å². The molecule has 0 aliphatic rings. The van der Waals surface area contributed by atoms with E-state index in [1.165, 1.54) is 9.13 Å². The third-order valence-corrected chi connectivity index (χ3v) is 4.08. The summed E-state index contributed by atoms with van der Waals surface area (Å²) in [5.41, 5.74) is 1.95.